The lowest BCUT2D eigenvalue weighted by Crippen LogP contribution is -2.59. The minimum absolute atomic E-state index is 0.247. The normalized spacial score (nSPS) is 16.9. The van der Waals surface area contributed by atoms with Crippen molar-refractivity contribution in [3.63, 3.8) is 0 Å². The summed E-state index contributed by atoms with van der Waals surface area (Å²) in [6.45, 7) is 0. The highest BCUT2D eigenvalue weighted by molar-refractivity contribution is 5.97. The SMILES string of the molecule is O=C(NC1(C(=O)O)CCC1)c1ccc(=O)[nH]c1. The number of carbonyl (C=O) groups excluding carboxylic acids is 1. The number of pyridine rings is 1. The number of amides is 1. The van der Waals surface area contributed by atoms with Gasteiger partial charge in [0.1, 0.15) is 5.54 Å². The van der Waals surface area contributed by atoms with Crippen LogP contribution < -0.4 is 10.9 Å². The monoisotopic (exact) mass is 236 g/mol. The first-order valence-electron chi connectivity index (χ1n) is 5.28. The molecule has 0 aliphatic heterocycles. The van der Waals surface area contributed by atoms with Crippen molar-refractivity contribution in [2.75, 3.05) is 0 Å². The van der Waals surface area contributed by atoms with Gasteiger partial charge in [-0.25, -0.2) is 4.79 Å². The Balaban J connectivity index is 2.14. The summed E-state index contributed by atoms with van der Waals surface area (Å²) in [6.07, 6.45) is 2.94. The molecule has 90 valence electrons. The summed E-state index contributed by atoms with van der Waals surface area (Å²) in [6, 6.07) is 2.59. The molecule has 0 aromatic carbocycles. The number of aliphatic carboxylic acids is 1. The number of hydrogen-bond acceptors (Lipinski definition) is 3. The van der Waals surface area contributed by atoms with Gasteiger partial charge >= 0.3 is 5.97 Å². The van der Waals surface area contributed by atoms with Gasteiger partial charge in [0.25, 0.3) is 5.91 Å². The zero-order valence-corrected chi connectivity index (χ0v) is 9.03. The molecular weight excluding hydrogens is 224 g/mol. The number of carboxylic acids is 1. The Labute approximate surface area is 96.7 Å². The summed E-state index contributed by atoms with van der Waals surface area (Å²) >= 11 is 0. The fourth-order valence-corrected chi connectivity index (χ4v) is 1.76. The third kappa shape index (κ3) is 2.06. The molecule has 1 saturated carbocycles. The van der Waals surface area contributed by atoms with E-state index in [2.05, 4.69) is 10.3 Å². The maximum atomic E-state index is 11.8. The average molecular weight is 236 g/mol. The zero-order chi connectivity index (χ0) is 12.5. The van der Waals surface area contributed by atoms with E-state index in [1.807, 2.05) is 0 Å². The quantitative estimate of drug-likeness (QED) is 0.693. The van der Waals surface area contributed by atoms with Gasteiger partial charge < -0.3 is 15.4 Å². The predicted octanol–water partition coefficient (Wildman–Crippen LogP) is 0.112. The Morgan fingerprint density at radius 2 is 2.06 bits per heavy atom. The molecule has 0 spiro atoms. The Hall–Kier alpha value is -2.11. The molecule has 0 unspecified atom stereocenters. The number of aromatic amines is 1. The van der Waals surface area contributed by atoms with E-state index in [1.54, 1.807) is 0 Å². The van der Waals surface area contributed by atoms with Crippen LogP contribution in [-0.2, 0) is 4.79 Å². The summed E-state index contributed by atoms with van der Waals surface area (Å²) in [5.74, 6) is -1.50. The Bertz CT molecular complexity index is 496. The van der Waals surface area contributed by atoms with Gasteiger partial charge in [-0.15, -0.1) is 0 Å². The number of carboxylic acid groups (broad SMARTS) is 1. The largest absolute Gasteiger partial charge is 0.480 e. The van der Waals surface area contributed by atoms with Crippen molar-refractivity contribution in [1.82, 2.24) is 10.3 Å². The van der Waals surface area contributed by atoms with Crippen LogP contribution in [0.1, 0.15) is 29.6 Å². The molecule has 1 fully saturated rings. The average Bonchev–Trinajstić information content (AvgIpc) is 2.23. The van der Waals surface area contributed by atoms with E-state index in [9.17, 15) is 14.4 Å². The molecule has 1 aromatic rings. The van der Waals surface area contributed by atoms with Crippen LogP contribution in [0.5, 0.6) is 0 Å². The second-order valence-corrected chi connectivity index (χ2v) is 4.14. The van der Waals surface area contributed by atoms with Gasteiger partial charge in [-0.1, -0.05) is 0 Å². The topological polar surface area (TPSA) is 99.3 Å². The summed E-state index contributed by atoms with van der Waals surface area (Å²) < 4.78 is 0. The van der Waals surface area contributed by atoms with E-state index < -0.39 is 17.4 Å². The van der Waals surface area contributed by atoms with Crippen molar-refractivity contribution in [2.45, 2.75) is 24.8 Å². The van der Waals surface area contributed by atoms with Crippen LogP contribution in [-0.4, -0.2) is 27.5 Å². The molecule has 1 heterocycles. The lowest BCUT2D eigenvalue weighted by molar-refractivity contribution is -0.148. The molecule has 17 heavy (non-hydrogen) atoms. The number of carbonyl (C=O) groups is 2. The smallest absolute Gasteiger partial charge is 0.329 e. The van der Waals surface area contributed by atoms with Crippen LogP contribution in [0.4, 0.5) is 0 Å². The van der Waals surface area contributed by atoms with Crippen LogP contribution in [0.15, 0.2) is 23.1 Å². The Morgan fingerprint density at radius 1 is 1.35 bits per heavy atom. The second-order valence-electron chi connectivity index (χ2n) is 4.14. The maximum absolute atomic E-state index is 11.8. The van der Waals surface area contributed by atoms with Crippen molar-refractivity contribution in [3.05, 3.63) is 34.2 Å². The van der Waals surface area contributed by atoms with Crippen LogP contribution in [0.25, 0.3) is 0 Å². The molecule has 2 rings (SSSR count). The molecule has 1 aliphatic carbocycles. The second kappa shape index (κ2) is 4.04. The van der Waals surface area contributed by atoms with Crippen LogP contribution in [0, 0.1) is 0 Å². The van der Waals surface area contributed by atoms with E-state index in [-0.39, 0.29) is 11.1 Å². The number of nitrogens with one attached hydrogen (secondary N) is 2. The van der Waals surface area contributed by atoms with Gasteiger partial charge in [0, 0.05) is 12.3 Å². The first kappa shape index (κ1) is 11.4. The molecule has 0 atom stereocenters. The third-order valence-electron chi connectivity index (χ3n) is 3.02. The highest BCUT2D eigenvalue weighted by atomic mass is 16.4. The highest BCUT2D eigenvalue weighted by Gasteiger charge is 2.45. The van der Waals surface area contributed by atoms with Crippen molar-refractivity contribution < 1.29 is 14.7 Å². The molecule has 1 amide bonds. The lowest BCUT2D eigenvalue weighted by Gasteiger charge is -2.38. The van der Waals surface area contributed by atoms with Crippen LogP contribution >= 0.6 is 0 Å². The van der Waals surface area contributed by atoms with Crippen LogP contribution in [0.3, 0.4) is 0 Å². The minimum atomic E-state index is -1.13. The number of rotatable bonds is 3. The van der Waals surface area contributed by atoms with Gasteiger partial charge in [0.2, 0.25) is 5.56 Å². The number of H-pyrrole nitrogens is 1. The highest BCUT2D eigenvalue weighted by Crippen LogP contribution is 2.32. The first-order valence-corrected chi connectivity index (χ1v) is 5.28. The lowest BCUT2D eigenvalue weighted by atomic mass is 9.76. The summed E-state index contributed by atoms with van der Waals surface area (Å²) in [4.78, 5) is 36.0. The predicted molar refractivity (Wildman–Crippen MR) is 58.7 cm³/mol. The van der Waals surface area contributed by atoms with Gasteiger partial charge in [0.05, 0.1) is 5.56 Å². The minimum Gasteiger partial charge on any atom is -0.480 e. The fourth-order valence-electron chi connectivity index (χ4n) is 1.76. The van der Waals surface area contributed by atoms with E-state index >= 15 is 0 Å². The maximum Gasteiger partial charge on any atom is 0.329 e. The van der Waals surface area contributed by atoms with E-state index in [0.717, 1.165) is 6.42 Å². The molecule has 0 radical (unpaired) electrons. The van der Waals surface area contributed by atoms with Crippen molar-refractivity contribution in [3.8, 4) is 0 Å². The molecule has 0 bridgehead atoms. The van der Waals surface area contributed by atoms with Crippen molar-refractivity contribution >= 4 is 11.9 Å². The zero-order valence-electron chi connectivity index (χ0n) is 9.03. The van der Waals surface area contributed by atoms with E-state index in [4.69, 9.17) is 5.11 Å². The van der Waals surface area contributed by atoms with Gasteiger partial charge in [-0.2, -0.15) is 0 Å². The summed E-state index contributed by atoms with van der Waals surface area (Å²) in [5, 5.41) is 11.6. The summed E-state index contributed by atoms with van der Waals surface area (Å²) in [7, 11) is 0. The van der Waals surface area contributed by atoms with E-state index in [0.29, 0.717) is 12.8 Å². The molecular formula is C11H12N2O4. The Morgan fingerprint density at radius 3 is 2.47 bits per heavy atom. The molecule has 6 heteroatoms. The van der Waals surface area contributed by atoms with Gasteiger partial charge in [-0.3, -0.25) is 9.59 Å². The van der Waals surface area contributed by atoms with E-state index in [1.165, 1.54) is 18.3 Å². The fraction of sp³-hybridized carbons (Fsp3) is 0.364. The molecule has 3 N–H and O–H groups in total. The Kier molecular flexibility index (Phi) is 2.71. The van der Waals surface area contributed by atoms with Crippen LogP contribution in [0.2, 0.25) is 0 Å². The molecule has 6 nitrogen and oxygen atoms in total. The van der Waals surface area contributed by atoms with Crippen molar-refractivity contribution in [1.29, 1.82) is 0 Å². The molecule has 1 aromatic heterocycles. The number of hydrogen-bond donors (Lipinski definition) is 3. The van der Waals surface area contributed by atoms with Crippen molar-refractivity contribution in [2.24, 2.45) is 0 Å². The van der Waals surface area contributed by atoms with Gasteiger partial charge in [0.15, 0.2) is 0 Å². The first-order chi connectivity index (χ1) is 8.03. The number of aromatic nitrogens is 1. The standard InChI is InChI=1S/C11H12N2O4/c14-8-3-2-7(6-12-8)9(15)13-11(10(16)17)4-1-5-11/h2-3,6H,1,4-5H2,(H,12,14)(H,13,15)(H,16,17). The molecule has 0 saturated heterocycles. The summed E-state index contributed by atoms with van der Waals surface area (Å²) in [5.41, 5.74) is -1.19. The molecule has 1 aliphatic rings. The van der Waals surface area contributed by atoms with Gasteiger partial charge in [-0.05, 0) is 25.3 Å². The third-order valence-corrected chi connectivity index (χ3v) is 3.02.